The molecule has 0 aliphatic rings. The van der Waals surface area contributed by atoms with Gasteiger partial charge in [-0.15, -0.1) is 0 Å². The van der Waals surface area contributed by atoms with Gasteiger partial charge in [-0.25, -0.2) is 0 Å². The number of aliphatic carboxylic acids is 1. The van der Waals surface area contributed by atoms with Gasteiger partial charge in [0.2, 0.25) is 5.91 Å². The lowest BCUT2D eigenvalue weighted by molar-refractivity contribution is -0.141. The van der Waals surface area contributed by atoms with Gasteiger partial charge in [-0.05, 0) is 31.0 Å². The van der Waals surface area contributed by atoms with Crippen molar-refractivity contribution in [1.29, 1.82) is 0 Å². The molecule has 4 N–H and O–H groups in total. The molecular weight excluding hydrogens is 308 g/mol. The molecule has 0 aliphatic carbocycles. The Balaban J connectivity index is 2.54. The molecule has 1 aromatic rings. The first-order valence-corrected chi connectivity index (χ1v) is 8.51. The second-order valence-corrected chi connectivity index (χ2v) is 5.99. The van der Waals surface area contributed by atoms with Crippen LogP contribution in [0, 0.1) is 5.92 Å². The van der Waals surface area contributed by atoms with Gasteiger partial charge in [-0.1, -0.05) is 45.2 Å². The fourth-order valence-electron chi connectivity index (χ4n) is 2.47. The minimum Gasteiger partial charge on any atom is -0.506 e. The van der Waals surface area contributed by atoms with E-state index in [0.29, 0.717) is 12.5 Å². The van der Waals surface area contributed by atoms with E-state index in [4.69, 9.17) is 0 Å². The highest BCUT2D eigenvalue weighted by molar-refractivity contribution is 5.95. The summed E-state index contributed by atoms with van der Waals surface area (Å²) in [7, 11) is 0. The lowest BCUT2D eigenvalue weighted by Crippen LogP contribution is -2.42. The van der Waals surface area contributed by atoms with E-state index in [9.17, 15) is 19.8 Å². The average Bonchev–Trinajstić information content (AvgIpc) is 2.55. The third-order valence-electron chi connectivity index (χ3n) is 4.06. The minimum absolute atomic E-state index is 0.0451. The molecule has 0 aromatic heterocycles. The van der Waals surface area contributed by atoms with E-state index in [1.54, 1.807) is 18.2 Å². The number of carboxylic acids is 1. The van der Waals surface area contributed by atoms with E-state index in [1.165, 1.54) is 6.07 Å². The van der Waals surface area contributed by atoms with Crippen molar-refractivity contribution in [3.05, 3.63) is 24.3 Å². The molecule has 2 atom stereocenters. The fourth-order valence-corrected chi connectivity index (χ4v) is 2.47. The van der Waals surface area contributed by atoms with Crippen molar-refractivity contribution in [2.24, 2.45) is 5.92 Å². The molecule has 1 amide bonds. The predicted octanol–water partition coefficient (Wildman–Crippen LogP) is 2.98. The molecule has 0 radical (unpaired) electrons. The van der Waals surface area contributed by atoms with E-state index < -0.39 is 17.9 Å². The van der Waals surface area contributed by atoms with Gasteiger partial charge in [0, 0.05) is 0 Å². The number of hydrogen-bond acceptors (Lipinski definition) is 4. The summed E-state index contributed by atoms with van der Waals surface area (Å²) in [6, 6.07) is 5.41. The number of rotatable bonds is 11. The maximum atomic E-state index is 12.0. The van der Waals surface area contributed by atoms with Gasteiger partial charge in [0.1, 0.15) is 11.8 Å². The number of carbonyl (C=O) groups excluding carboxylic acids is 1. The van der Waals surface area contributed by atoms with Crippen molar-refractivity contribution >= 4 is 17.6 Å². The molecule has 0 saturated heterocycles. The highest BCUT2D eigenvalue weighted by Crippen LogP contribution is 2.21. The number of amides is 1. The maximum Gasteiger partial charge on any atom is 0.321 e. The second kappa shape index (κ2) is 10.6. The Bertz CT molecular complexity index is 534. The molecule has 1 rings (SSSR count). The SMILES string of the molecule is CCCCC(CC)CNC(CC(=O)Nc1ccccc1O)C(=O)O. The quantitative estimate of drug-likeness (QED) is 0.466. The minimum atomic E-state index is -1.05. The van der Waals surface area contributed by atoms with Gasteiger partial charge >= 0.3 is 5.97 Å². The molecule has 0 bridgehead atoms. The summed E-state index contributed by atoms with van der Waals surface area (Å²) in [6.07, 6.45) is 4.07. The van der Waals surface area contributed by atoms with Crippen LogP contribution in [0.4, 0.5) is 5.69 Å². The van der Waals surface area contributed by atoms with Gasteiger partial charge in [0.25, 0.3) is 0 Å². The normalized spacial score (nSPS) is 13.2. The number of phenolic OH excluding ortho intramolecular Hbond substituents is 1. The predicted molar refractivity (Wildman–Crippen MR) is 94.1 cm³/mol. The zero-order chi connectivity index (χ0) is 17.9. The van der Waals surface area contributed by atoms with Crippen LogP contribution >= 0.6 is 0 Å². The topological polar surface area (TPSA) is 98.7 Å². The lowest BCUT2D eigenvalue weighted by Gasteiger charge is -2.19. The summed E-state index contributed by atoms with van der Waals surface area (Å²) >= 11 is 0. The Morgan fingerprint density at radius 3 is 2.50 bits per heavy atom. The number of nitrogens with one attached hydrogen (secondary N) is 2. The molecular formula is C18H28N2O4. The number of phenols is 1. The van der Waals surface area contributed by atoms with E-state index in [2.05, 4.69) is 24.5 Å². The molecule has 134 valence electrons. The zero-order valence-electron chi connectivity index (χ0n) is 14.4. The number of aromatic hydroxyl groups is 1. The Morgan fingerprint density at radius 1 is 1.21 bits per heavy atom. The molecule has 0 fully saturated rings. The number of para-hydroxylation sites is 2. The van der Waals surface area contributed by atoms with Crippen LogP contribution in [-0.2, 0) is 9.59 Å². The molecule has 6 nitrogen and oxygen atoms in total. The van der Waals surface area contributed by atoms with Gasteiger partial charge in [-0.2, -0.15) is 0 Å². The van der Waals surface area contributed by atoms with Crippen molar-refractivity contribution in [3.8, 4) is 5.75 Å². The van der Waals surface area contributed by atoms with Gasteiger partial charge in [0.15, 0.2) is 0 Å². The Morgan fingerprint density at radius 2 is 1.92 bits per heavy atom. The summed E-state index contributed by atoms with van der Waals surface area (Å²) in [4.78, 5) is 23.4. The fraction of sp³-hybridized carbons (Fsp3) is 0.556. The van der Waals surface area contributed by atoms with Crippen molar-refractivity contribution in [3.63, 3.8) is 0 Å². The third-order valence-corrected chi connectivity index (χ3v) is 4.06. The number of carboxylic acid groups (broad SMARTS) is 1. The highest BCUT2D eigenvalue weighted by atomic mass is 16.4. The number of hydrogen-bond donors (Lipinski definition) is 4. The molecule has 0 aliphatic heterocycles. The Hall–Kier alpha value is -2.08. The summed E-state index contributed by atoms with van der Waals surface area (Å²) < 4.78 is 0. The number of benzene rings is 1. The summed E-state index contributed by atoms with van der Waals surface area (Å²) in [5.74, 6) is -1.13. The summed E-state index contributed by atoms with van der Waals surface area (Å²) in [6.45, 7) is 4.80. The zero-order valence-corrected chi connectivity index (χ0v) is 14.4. The van der Waals surface area contributed by atoms with Crippen molar-refractivity contribution in [2.45, 2.75) is 52.0 Å². The molecule has 24 heavy (non-hydrogen) atoms. The molecule has 6 heteroatoms. The largest absolute Gasteiger partial charge is 0.506 e. The first kappa shape index (κ1) is 20.0. The Labute approximate surface area is 143 Å². The van der Waals surface area contributed by atoms with Gasteiger partial charge in [-0.3, -0.25) is 9.59 Å². The molecule has 1 aromatic carbocycles. The van der Waals surface area contributed by atoms with Crippen molar-refractivity contribution in [1.82, 2.24) is 5.32 Å². The monoisotopic (exact) mass is 336 g/mol. The van der Waals surface area contributed by atoms with Crippen LogP contribution in [0.5, 0.6) is 5.75 Å². The summed E-state index contributed by atoms with van der Waals surface area (Å²) in [5, 5.41) is 24.5. The van der Waals surface area contributed by atoms with E-state index in [0.717, 1.165) is 25.7 Å². The molecule has 2 unspecified atom stereocenters. The van der Waals surface area contributed by atoms with Gasteiger partial charge < -0.3 is 20.8 Å². The third kappa shape index (κ3) is 7.00. The first-order valence-electron chi connectivity index (χ1n) is 8.51. The smallest absolute Gasteiger partial charge is 0.321 e. The molecule has 0 saturated carbocycles. The number of carbonyl (C=O) groups is 2. The van der Waals surface area contributed by atoms with E-state index in [1.807, 2.05) is 0 Å². The molecule has 0 spiro atoms. The standard InChI is InChI=1S/C18H28N2O4/c1-3-5-8-13(4-2)12-19-15(18(23)24)11-17(22)20-14-9-6-7-10-16(14)21/h6-7,9-10,13,15,19,21H,3-5,8,11-12H2,1-2H3,(H,20,22)(H,23,24). The lowest BCUT2D eigenvalue weighted by atomic mass is 9.99. The Kier molecular flexibility index (Phi) is 8.86. The van der Waals surface area contributed by atoms with Crippen LogP contribution in [0.25, 0.3) is 0 Å². The van der Waals surface area contributed by atoms with Crippen molar-refractivity contribution < 1.29 is 19.8 Å². The maximum absolute atomic E-state index is 12.0. The van der Waals surface area contributed by atoms with E-state index >= 15 is 0 Å². The number of unbranched alkanes of at least 4 members (excludes halogenated alkanes) is 1. The van der Waals surface area contributed by atoms with Crippen LogP contribution in [0.15, 0.2) is 24.3 Å². The van der Waals surface area contributed by atoms with Gasteiger partial charge in [0.05, 0.1) is 12.1 Å². The number of anilines is 1. The highest BCUT2D eigenvalue weighted by Gasteiger charge is 2.22. The van der Waals surface area contributed by atoms with E-state index in [-0.39, 0.29) is 17.9 Å². The van der Waals surface area contributed by atoms with Crippen LogP contribution in [0.3, 0.4) is 0 Å². The first-order chi connectivity index (χ1) is 11.5. The van der Waals surface area contributed by atoms with Crippen molar-refractivity contribution in [2.75, 3.05) is 11.9 Å². The van der Waals surface area contributed by atoms with Crippen LogP contribution in [-0.4, -0.2) is 34.7 Å². The van der Waals surface area contributed by atoms with Crippen LogP contribution in [0.2, 0.25) is 0 Å². The van der Waals surface area contributed by atoms with Crippen LogP contribution in [0.1, 0.15) is 46.0 Å². The summed E-state index contributed by atoms with van der Waals surface area (Å²) in [5.41, 5.74) is 0.279. The molecule has 0 heterocycles. The second-order valence-electron chi connectivity index (χ2n) is 5.99. The average molecular weight is 336 g/mol. The van der Waals surface area contributed by atoms with Crippen LogP contribution < -0.4 is 10.6 Å².